The lowest BCUT2D eigenvalue weighted by Gasteiger charge is -2.27. The summed E-state index contributed by atoms with van der Waals surface area (Å²) in [7, 11) is 0. The fourth-order valence-electron chi connectivity index (χ4n) is 2.79. The number of hydrogen-bond acceptors (Lipinski definition) is 3. The summed E-state index contributed by atoms with van der Waals surface area (Å²) in [5.74, 6) is -0.283. The van der Waals surface area contributed by atoms with Gasteiger partial charge in [-0.1, -0.05) is 0 Å². The largest absolute Gasteiger partial charge is 0.325 e. The Hall–Kier alpha value is -1.46. The van der Waals surface area contributed by atoms with Gasteiger partial charge >= 0.3 is 0 Å². The van der Waals surface area contributed by atoms with Crippen molar-refractivity contribution in [3.8, 4) is 0 Å². The van der Waals surface area contributed by atoms with E-state index >= 15 is 0 Å². The first-order chi connectivity index (χ1) is 9.22. The maximum absolute atomic E-state index is 13.6. The average Bonchev–Trinajstić information content (AvgIpc) is 2.77. The third-order valence-corrected chi connectivity index (χ3v) is 3.79. The van der Waals surface area contributed by atoms with E-state index in [0.29, 0.717) is 6.42 Å². The zero-order chi connectivity index (χ0) is 13.2. The van der Waals surface area contributed by atoms with Crippen LogP contribution in [0.1, 0.15) is 11.1 Å². The molecule has 0 spiro atoms. The molecule has 1 aromatic rings. The van der Waals surface area contributed by atoms with E-state index < -0.39 is 0 Å². The van der Waals surface area contributed by atoms with E-state index in [1.165, 1.54) is 6.07 Å². The number of rotatable bonds is 3. The minimum atomic E-state index is -0.245. The van der Waals surface area contributed by atoms with Crippen molar-refractivity contribution >= 4 is 11.6 Å². The monoisotopic (exact) mass is 263 g/mol. The van der Waals surface area contributed by atoms with Crippen LogP contribution in [-0.2, 0) is 17.6 Å². The minimum absolute atomic E-state index is 0.0379. The van der Waals surface area contributed by atoms with Gasteiger partial charge in [0.15, 0.2) is 0 Å². The van der Waals surface area contributed by atoms with Gasteiger partial charge in [0.25, 0.3) is 0 Å². The number of halogens is 1. The third-order valence-electron chi connectivity index (χ3n) is 3.79. The number of carbonyl (C=O) groups is 1. The van der Waals surface area contributed by atoms with Gasteiger partial charge in [-0.2, -0.15) is 0 Å². The molecule has 0 radical (unpaired) electrons. The van der Waals surface area contributed by atoms with E-state index in [9.17, 15) is 9.18 Å². The van der Waals surface area contributed by atoms with Crippen molar-refractivity contribution in [1.29, 1.82) is 0 Å². The number of anilines is 1. The molecule has 2 aliphatic heterocycles. The predicted molar refractivity (Wildman–Crippen MR) is 71.7 cm³/mol. The molecule has 1 aromatic carbocycles. The smallest absolute Gasteiger partial charge is 0.228 e. The van der Waals surface area contributed by atoms with Crippen molar-refractivity contribution in [2.45, 2.75) is 12.8 Å². The zero-order valence-electron chi connectivity index (χ0n) is 10.8. The van der Waals surface area contributed by atoms with Crippen LogP contribution in [0, 0.1) is 5.82 Å². The molecule has 0 bridgehead atoms. The van der Waals surface area contributed by atoms with Crippen LogP contribution in [0.5, 0.6) is 0 Å². The third kappa shape index (κ3) is 2.77. The van der Waals surface area contributed by atoms with E-state index in [-0.39, 0.29) is 11.7 Å². The van der Waals surface area contributed by atoms with Gasteiger partial charge in [-0.15, -0.1) is 0 Å². The van der Waals surface area contributed by atoms with Gasteiger partial charge in [0.2, 0.25) is 5.91 Å². The van der Waals surface area contributed by atoms with Gasteiger partial charge in [0, 0.05) is 38.4 Å². The Labute approximate surface area is 112 Å². The maximum Gasteiger partial charge on any atom is 0.228 e. The fourth-order valence-corrected chi connectivity index (χ4v) is 2.79. The first kappa shape index (κ1) is 12.6. The van der Waals surface area contributed by atoms with E-state index in [4.69, 9.17) is 0 Å². The standard InChI is InChI=1S/C14H18FN3O/c15-12-7-10(1-4-18-5-2-16-3-6-18)14-11(8-12)9-13(19)17-14/h7-8,16H,1-6,9H2,(H,17,19). The van der Waals surface area contributed by atoms with Crippen LogP contribution in [-0.4, -0.2) is 43.5 Å². The van der Waals surface area contributed by atoms with Crippen LogP contribution in [0.25, 0.3) is 0 Å². The van der Waals surface area contributed by atoms with Crippen LogP contribution in [0.3, 0.4) is 0 Å². The molecule has 1 amide bonds. The molecule has 0 saturated carbocycles. The lowest BCUT2D eigenvalue weighted by Crippen LogP contribution is -2.44. The highest BCUT2D eigenvalue weighted by Gasteiger charge is 2.22. The summed E-state index contributed by atoms with van der Waals surface area (Å²) < 4.78 is 13.6. The molecule has 0 unspecified atom stereocenters. The van der Waals surface area contributed by atoms with Crippen molar-refractivity contribution in [2.75, 3.05) is 38.0 Å². The molecule has 0 atom stereocenters. The van der Waals surface area contributed by atoms with Crippen LogP contribution in [0.15, 0.2) is 12.1 Å². The first-order valence-electron chi connectivity index (χ1n) is 6.76. The van der Waals surface area contributed by atoms with Crippen LogP contribution in [0.2, 0.25) is 0 Å². The minimum Gasteiger partial charge on any atom is -0.325 e. The van der Waals surface area contributed by atoms with E-state index in [0.717, 1.165) is 56.0 Å². The molecule has 5 heteroatoms. The average molecular weight is 263 g/mol. The fraction of sp³-hybridized carbons (Fsp3) is 0.500. The molecule has 102 valence electrons. The van der Waals surface area contributed by atoms with Crippen molar-refractivity contribution in [1.82, 2.24) is 10.2 Å². The number of hydrogen-bond donors (Lipinski definition) is 2. The van der Waals surface area contributed by atoms with E-state index in [1.807, 2.05) is 0 Å². The van der Waals surface area contributed by atoms with Crippen LogP contribution < -0.4 is 10.6 Å². The van der Waals surface area contributed by atoms with Gasteiger partial charge in [0.1, 0.15) is 5.82 Å². The van der Waals surface area contributed by atoms with E-state index in [1.54, 1.807) is 6.07 Å². The highest BCUT2D eigenvalue weighted by atomic mass is 19.1. The van der Waals surface area contributed by atoms with Gasteiger partial charge < -0.3 is 15.5 Å². The van der Waals surface area contributed by atoms with Gasteiger partial charge in [-0.3, -0.25) is 4.79 Å². The summed E-state index contributed by atoms with van der Waals surface area (Å²) in [4.78, 5) is 13.8. The second kappa shape index (κ2) is 5.27. The SMILES string of the molecule is O=C1Cc2cc(F)cc(CCN3CCNCC3)c2N1. The van der Waals surface area contributed by atoms with Crippen LogP contribution in [0.4, 0.5) is 10.1 Å². The number of nitrogens with one attached hydrogen (secondary N) is 2. The second-order valence-corrected chi connectivity index (χ2v) is 5.17. The topological polar surface area (TPSA) is 44.4 Å². The molecule has 3 rings (SSSR count). The van der Waals surface area contributed by atoms with Crippen molar-refractivity contribution in [3.05, 3.63) is 29.1 Å². The number of amides is 1. The quantitative estimate of drug-likeness (QED) is 0.846. The molecule has 4 nitrogen and oxygen atoms in total. The molecule has 0 aliphatic carbocycles. The van der Waals surface area contributed by atoms with Crippen LogP contribution >= 0.6 is 0 Å². The lowest BCUT2D eigenvalue weighted by molar-refractivity contribution is -0.115. The van der Waals surface area contributed by atoms with Crippen molar-refractivity contribution in [3.63, 3.8) is 0 Å². The summed E-state index contributed by atoms with van der Waals surface area (Å²) in [6.45, 7) is 5.00. The van der Waals surface area contributed by atoms with E-state index in [2.05, 4.69) is 15.5 Å². The lowest BCUT2D eigenvalue weighted by atomic mass is 10.0. The van der Waals surface area contributed by atoms with Gasteiger partial charge in [0.05, 0.1) is 6.42 Å². The number of carbonyl (C=O) groups excluding carboxylic acids is 1. The summed E-state index contributed by atoms with van der Waals surface area (Å²) >= 11 is 0. The Morgan fingerprint density at radius 3 is 2.84 bits per heavy atom. The summed E-state index contributed by atoms with van der Waals surface area (Å²) in [6.07, 6.45) is 1.08. The Kier molecular flexibility index (Phi) is 3.48. The highest BCUT2D eigenvalue weighted by molar-refractivity contribution is 6.00. The number of nitrogens with zero attached hydrogens (tertiary/aromatic N) is 1. The predicted octanol–water partition coefficient (Wildman–Crippen LogP) is 0.768. The molecule has 2 aliphatic rings. The molecule has 2 N–H and O–H groups in total. The molecule has 2 heterocycles. The van der Waals surface area contributed by atoms with Crippen molar-refractivity contribution in [2.24, 2.45) is 0 Å². The molecular weight excluding hydrogens is 245 g/mol. The Morgan fingerprint density at radius 2 is 2.05 bits per heavy atom. The normalized spacial score (nSPS) is 19.3. The summed E-state index contributed by atoms with van der Waals surface area (Å²) in [5, 5.41) is 6.16. The Bertz CT molecular complexity index is 498. The van der Waals surface area contributed by atoms with Crippen molar-refractivity contribution < 1.29 is 9.18 Å². The first-order valence-corrected chi connectivity index (χ1v) is 6.76. The molecule has 1 fully saturated rings. The van der Waals surface area contributed by atoms with Gasteiger partial charge in [-0.25, -0.2) is 4.39 Å². The second-order valence-electron chi connectivity index (χ2n) is 5.17. The molecule has 1 saturated heterocycles. The Morgan fingerprint density at radius 1 is 1.26 bits per heavy atom. The maximum atomic E-state index is 13.6. The molecule has 19 heavy (non-hydrogen) atoms. The number of fused-ring (bicyclic) bond motifs is 1. The Balaban J connectivity index is 1.72. The van der Waals surface area contributed by atoms with Gasteiger partial charge in [-0.05, 0) is 29.7 Å². The highest BCUT2D eigenvalue weighted by Crippen LogP contribution is 2.29. The molecular formula is C14H18FN3O. The zero-order valence-corrected chi connectivity index (χ0v) is 10.8. The summed E-state index contributed by atoms with van der Waals surface area (Å²) in [5.41, 5.74) is 2.54. The molecule has 0 aromatic heterocycles. The number of benzene rings is 1. The summed E-state index contributed by atoms with van der Waals surface area (Å²) in [6, 6.07) is 3.01. The number of piperazine rings is 1.